The molecule has 44 heavy (non-hydrogen) atoms. The van der Waals surface area contributed by atoms with E-state index >= 15 is 0 Å². The molecule has 244 valence electrons. The zero-order chi connectivity index (χ0) is 31.9. The fourth-order valence-corrected chi connectivity index (χ4v) is 6.07. The van der Waals surface area contributed by atoms with Gasteiger partial charge >= 0.3 is 6.09 Å². The number of aryl methyl sites for hydroxylation is 1. The summed E-state index contributed by atoms with van der Waals surface area (Å²) >= 11 is 0. The number of nitrogens with zero attached hydrogens (tertiary/aromatic N) is 4. The molecule has 3 atom stereocenters. The molecule has 1 aromatic heterocycles. The van der Waals surface area contributed by atoms with Crippen LogP contribution in [0.2, 0.25) is 0 Å². The Kier molecular flexibility index (Phi) is 11.8. The summed E-state index contributed by atoms with van der Waals surface area (Å²) in [5.74, 6) is -0.129. The number of aromatic nitrogens is 2. The lowest BCUT2D eigenvalue weighted by Gasteiger charge is -2.41. The van der Waals surface area contributed by atoms with Crippen molar-refractivity contribution >= 4 is 28.8 Å². The third-order valence-corrected chi connectivity index (χ3v) is 8.20. The van der Waals surface area contributed by atoms with Crippen molar-refractivity contribution in [2.45, 2.75) is 84.5 Å². The van der Waals surface area contributed by atoms with Gasteiger partial charge in [-0.25, -0.2) is 9.78 Å². The van der Waals surface area contributed by atoms with Crippen LogP contribution in [0.25, 0.3) is 11.0 Å². The fraction of sp³-hybridized carbons (Fsp3) is 0.697. The van der Waals surface area contributed by atoms with Gasteiger partial charge in [0.25, 0.3) is 0 Å². The average molecular weight is 614 g/mol. The summed E-state index contributed by atoms with van der Waals surface area (Å²) < 4.78 is 18.5. The van der Waals surface area contributed by atoms with Gasteiger partial charge in [-0.05, 0) is 64.5 Å². The Morgan fingerprint density at radius 1 is 1.07 bits per heavy atom. The van der Waals surface area contributed by atoms with Gasteiger partial charge in [0.05, 0.1) is 29.6 Å². The number of carbonyl (C=O) groups is 3. The minimum atomic E-state index is -0.669. The van der Waals surface area contributed by atoms with Gasteiger partial charge in [-0.2, -0.15) is 0 Å². The van der Waals surface area contributed by atoms with Crippen LogP contribution in [0.1, 0.15) is 70.9 Å². The highest BCUT2D eigenvalue weighted by Crippen LogP contribution is 2.25. The van der Waals surface area contributed by atoms with E-state index in [1.807, 2.05) is 68.4 Å². The normalized spacial score (nSPS) is 20.5. The van der Waals surface area contributed by atoms with E-state index in [-0.39, 0.29) is 30.2 Å². The second-order valence-electron chi connectivity index (χ2n) is 13.3. The molecule has 3 heterocycles. The number of nitrogens with one attached hydrogen (secondary N) is 1. The minimum absolute atomic E-state index is 0.0147. The number of ether oxygens (including phenoxy) is 3. The van der Waals surface area contributed by atoms with Crippen LogP contribution in [0, 0.1) is 11.8 Å². The zero-order valence-corrected chi connectivity index (χ0v) is 27.3. The quantitative estimate of drug-likeness (QED) is 0.297. The second-order valence-corrected chi connectivity index (χ2v) is 13.3. The number of likely N-dealkylation sites (tertiary alicyclic amines) is 1. The molecule has 2 aliphatic rings. The van der Waals surface area contributed by atoms with E-state index in [1.54, 1.807) is 12.0 Å². The first-order valence-corrected chi connectivity index (χ1v) is 16.1. The Bertz CT molecular complexity index is 1260. The highest BCUT2D eigenvalue weighted by atomic mass is 16.6. The van der Waals surface area contributed by atoms with Crippen LogP contribution < -0.4 is 5.32 Å². The molecule has 11 heteroatoms. The number of para-hydroxylation sites is 2. The predicted octanol–water partition coefficient (Wildman–Crippen LogP) is 4.13. The molecule has 0 radical (unpaired) electrons. The van der Waals surface area contributed by atoms with Gasteiger partial charge in [0, 0.05) is 59.1 Å². The minimum Gasteiger partial charge on any atom is -0.444 e. The fourth-order valence-electron chi connectivity index (χ4n) is 6.07. The Labute approximate surface area is 261 Å². The van der Waals surface area contributed by atoms with E-state index in [0.29, 0.717) is 58.2 Å². The molecule has 1 unspecified atom stereocenters. The number of amides is 2. The molecule has 11 nitrogen and oxygen atoms in total. The number of Topliss-reactive ketones (excluding diaryl/α,β-unsaturated/α-hetero) is 1. The average Bonchev–Trinajstić information content (AvgIpc) is 3.13. The molecule has 0 bridgehead atoms. The molecule has 2 amide bonds. The molecule has 1 aromatic carbocycles. The first-order valence-electron chi connectivity index (χ1n) is 16.1. The number of fused-ring (bicyclic) bond motifs is 1. The monoisotopic (exact) mass is 613 g/mol. The Hall–Kier alpha value is -3.02. The molecule has 2 aromatic rings. The van der Waals surface area contributed by atoms with Gasteiger partial charge in [0.2, 0.25) is 11.7 Å². The van der Waals surface area contributed by atoms with E-state index < -0.39 is 23.7 Å². The van der Waals surface area contributed by atoms with Crippen molar-refractivity contribution in [3.05, 3.63) is 30.1 Å². The van der Waals surface area contributed by atoms with E-state index in [1.165, 1.54) is 0 Å². The van der Waals surface area contributed by atoms with Gasteiger partial charge in [0.15, 0.2) is 5.82 Å². The molecule has 0 spiro atoms. The van der Waals surface area contributed by atoms with Gasteiger partial charge in [-0.1, -0.05) is 26.0 Å². The summed E-state index contributed by atoms with van der Waals surface area (Å²) in [6.07, 6.45) is 2.58. The molecule has 2 fully saturated rings. The summed E-state index contributed by atoms with van der Waals surface area (Å²) in [6, 6.07) is 6.97. The van der Waals surface area contributed by atoms with Crippen molar-refractivity contribution in [2.75, 3.05) is 53.1 Å². The summed E-state index contributed by atoms with van der Waals surface area (Å²) in [5.41, 5.74) is 1.04. The standard InChI is InChI=1S/C33H51N5O6/c1-23(2)28(29(39)30-35-26-12-7-8-13-27(26)38(30)15-9-10-17-42-6)34-25-20-24(31(40)36-14-11-18-43-19-16-36)21-37(22-25)32(41)44-33(3,4)5/h7-8,12-13,23-25,28,34H,9-11,14-22H2,1-6H3/t24-,25+,28?/m1/s1. The van der Waals surface area contributed by atoms with E-state index in [0.717, 1.165) is 30.3 Å². The van der Waals surface area contributed by atoms with Gasteiger partial charge in [-0.15, -0.1) is 0 Å². The number of unbranched alkanes of at least 4 members (excludes halogenated alkanes) is 1. The first-order chi connectivity index (χ1) is 21.0. The highest BCUT2D eigenvalue weighted by molar-refractivity contribution is 6.00. The topological polar surface area (TPSA) is 115 Å². The highest BCUT2D eigenvalue weighted by Gasteiger charge is 2.40. The third-order valence-electron chi connectivity index (χ3n) is 8.20. The number of benzene rings is 1. The van der Waals surface area contributed by atoms with Crippen LogP contribution in [0.15, 0.2) is 24.3 Å². The first kappa shape index (κ1) is 33.9. The molecule has 1 N–H and O–H groups in total. The zero-order valence-electron chi connectivity index (χ0n) is 27.3. The van der Waals surface area contributed by atoms with Gasteiger partial charge < -0.3 is 33.9 Å². The van der Waals surface area contributed by atoms with E-state index in [4.69, 9.17) is 19.2 Å². The Morgan fingerprint density at radius 3 is 2.57 bits per heavy atom. The Morgan fingerprint density at radius 2 is 1.84 bits per heavy atom. The number of carbonyl (C=O) groups excluding carboxylic acids is 3. The van der Waals surface area contributed by atoms with E-state index in [2.05, 4.69) is 5.32 Å². The summed E-state index contributed by atoms with van der Waals surface area (Å²) in [4.78, 5) is 49.6. The van der Waals surface area contributed by atoms with Crippen molar-refractivity contribution in [1.82, 2.24) is 24.7 Å². The Balaban J connectivity index is 1.58. The summed E-state index contributed by atoms with van der Waals surface area (Å²) in [7, 11) is 1.69. The van der Waals surface area contributed by atoms with Crippen molar-refractivity contribution in [3.63, 3.8) is 0 Å². The second kappa shape index (κ2) is 15.3. The predicted molar refractivity (Wildman–Crippen MR) is 169 cm³/mol. The van der Waals surface area contributed by atoms with Crippen LogP contribution in [0.4, 0.5) is 4.79 Å². The van der Waals surface area contributed by atoms with Crippen molar-refractivity contribution < 1.29 is 28.6 Å². The number of ketones is 1. The lowest BCUT2D eigenvalue weighted by atomic mass is 9.90. The molecular weight excluding hydrogens is 562 g/mol. The lowest BCUT2D eigenvalue weighted by Crippen LogP contribution is -2.59. The number of imidazole rings is 1. The smallest absolute Gasteiger partial charge is 0.410 e. The summed E-state index contributed by atoms with van der Waals surface area (Å²) in [6.45, 7) is 13.8. The largest absolute Gasteiger partial charge is 0.444 e. The van der Waals surface area contributed by atoms with Crippen molar-refractivity contribution in [3.8, 4) is 0 Å². The SMILES string of the molecule is COCCCCn1c(C(=O)C(N[C@H]2C[C@@H](C(=O)N3CCCOCC3)CN(C(=O)OC(C)(C)C)C2)C(C)C)nc2ccccc21. The molecule has 2 saturated heterocycles. The lowest BCUT2D eigenvalue weighted by molar-refractivity contribution is -0.137. The molecular formula is C33H51N5O6. The maximum Gasteiger partial charge on any atom is 0.410 e. The number of hydrogen-bond acceptors (Lipinski definition) is 8. The third kappa shape index (κ3) is 8.79. The molecule has 0 aliphatic carbocycles. The van der Waals surface area contributed by atoms with Crippen molar-refractivity contribution in [1.29, 1.82) is 0 Å². The number of rotatable bonds is 11. The molecule has 2 aliphatic heterocycles. The van der Waals surface area contributed by atoms with Crippen LogP contribution in [-0.4, -0.2) is 108 Å². The van der Waals surface area contributed by atoms with Crippen LogP contribution in [-0.2, 0) is 25.5 Å². The summed E-state index contributed by atoms with van der Waals surface area (Å²) in [5, 5.41) is 3.58. The van der Waals surface area contributed by atoms with Gasteiger partial charge in [0.1, 0.15) is 5.60 Å². The molecule has 4 rings (SSSR count). The van der Waals surface area contributed by atoms with Crippen LogP contribution >= 0.6 is 0 Å². The molecule has 0 saturated carbocycles. The number of methoxy groups -OCH3 is 1. The van der Waals surface area contributed by atoms with Crippen LogP contribution in [0.5, 0.6) is 0 Å². The maximum atomic E-state index is 14.3. The van der Waals surface area contributed by atoms with Gasteiger partial charge in [-0.3, -0.25) is 9.59 Å². The van der Waals surface area contributed by atoms with E-state index in [9.17, 15) is 14.4 Å². The van der Waals surface area contributed by atoms with Crippen LogP contribution in [0.3, 0.4) is 0 Å². The number of hydrogen-bond donors (Lipinski definition) is 1. The number of piperidine rings is 1. The van der Waals surface area contributed by atoms with Crippen molar-refractivity contribution in [2.24, 2.45) is 11.8 Å². The maximum absolute atomic E-state index is 14.3.